The Morgan fingerprint density at radius 2 is 1.94 bits per heavy atom. The summed E-state index contributed by atoms with van der Waals surface area (Å²) in [5.74, 6) is -0.853. The van der Waals surface area contributed by atoms with Gasteiger partial charge in [0.25, 0.3) is 0 Å². The highest BCUT2D eigenvalue weighted by Crippen LogP contribution is 2.35. The number of rotatable bonds is 6. The van der Waals surface area contributed by atoms with Crippen molar-refractivity contribution < 1.29 is 8.78 Å². The van der Waals surface area contributed by atoms with Crippen LogP contribution in [0.2, 0.25) is 0 Å². The van der Waals surface area contributed by atoms with Crippen LogP contribution in [-0.4, -0.2) is 0 Å². The molecule has 0 nitrogen and oxygen atoms in total. The molecule has 0 spiro atoms. The second-order valence-corrected chi connectivity index (χ2v) is 4.85. The van der Waals surface area contributed by atoms with Crippen LogP contribution in [0, 0.1) is 17.6 Å². The highest BCUT2D eigenvalue weighted by atomic mass is 35.5. The molecular weight excluding hydrogens is 242 g/mol. The largest absolute Gasteiger partial charge is 0.207 e. The van der Waals surface area contributed by atoms with Crippen molar-refractivity contribution in [2.45, 2.75) is 44.9 Å². The third kappa shape index (κ3) is 3.95. The lowest BCUT2D eigenvalue weighted by atomic mass is 9.91. The molecule has 0 aliphatic rings. The molecule has 0 aromatic heterocycles. The fraction of sp³-hybridized carbons (Fsp3) is 0.571. The predicted octanol–water partition coefficient (Wildman–Crippen LogP) is 5.46. The molecule has 96 valence electrons. The molecule has 0 saturated carbocycles. The molecule has 1 aromatic rings. The number of hydrogen-bond donors (Lipinski definition) is 0. The highest BCUT2D eigenvalue weighted by Gasteiger charge is 2.22. The van der Waals surface area contributed by atoms with E-state index in [2.05, 4.69) is 13.8 Å². The van der Waals surface area contributed by atoms with E-state index in [1.165, 1.54) is 12.1 Å². The molecule has 0 amide bonds. The molecule has 2 unspecified atom stereocenters. The van der Waals surface area contributed by atoms with E-state index in [9.17, 15) is 8.78 Å². The van der Waals surface area contributed by atoms with E-state index in [-0.39, 0.29) is 11.3 Å². The number of halogens is 3. The number of benzene rings is 1. The molecule has 0 saturated heterocycles. The molecule has 0 aliphatic carbocycles. The summed E-state index contributed by atoms with van der Waals surface area (Å²) in [6, 6.07) is 3.62. The summed E-state index contributed by atoms with van der Waals surface area (Å²) in [4.78, 5) is 0. The molecule has 0 bridgehead atoms. The maximum absolute atomic E-state index is 13.6. The van der Waals surface area contributed by atoms with Crippen LogP contribution in [0.15, 0.2) is 18.2 Å². The molecule has 0 heterocycles. The predicted molar refractivity (Wildman–Crippen MR) is 68.3 cm³/mol. The van der Waals surface area contributed by atoms with E-state index in [1.807, 2.05) is 0 Å². The smallest absolute Gasteiger partial charge is 0.130 e. The summed E-state index contributed by atoms with van der Waals surface area (Å²) < 4.78 is 26.4. The van der Waals surface area contributed by atoms with E-state index >= 15 is 0 Å². The van der Waals surface area contributed by atoms with Crippen molar-refractivity contribution in [2.75, 3.05) is 0 Å². The van der Waals surface area contributed by atoms with Gasteiger partial charge in [-0.1, -0.05) is 39.2 Å². The first-order valence-electron chi connectivity index (χ1n) is 6.19. The van der Waals surface area contributed by atoms with Crippen molar-refractivity contribution in [1.29, 1.82) is 0 Å². The Kier molecular flexibility index (Phi) is 5.90. The van der Waals surface area contributed by atoms with Crippen LogP contribution >= 0.6 is 11.6 Å². The maximum atomic E-state index is 13.6. The Hall–Kier alpha value is -0.630. The molecule has 0 aliphatic heterocycles. The minimum absolute atomic E-state index is 0.247. The number of alkyl halides is 1. The van der Waals surface area contributed by atoms with Crippen molar-refractivity contribution in [1.82, 2.24) is 0 Å². The van der Waals surface area contributed by atoms with Gasteiger partial charge in [0.2, 0.25) is 0 Å². The zero-order valence-corrected chi connectivity index (χ0v) is 11.1. The molecule has 1 rings (SSSR count). The summed E-state index contributed by atoms with van der Waals surface area (Å²) >= 11 is 6.30. The SMILES string of the molecule is CCCCC(CC)C(Cl)c1ccc(F)cc1F. The second-order valence-electron chi connectivity index (χ2n) is 4.38. The van der Waals surface area contributed by atoms with Gasteiger partial charge in [0.1, 0.15) is 11.6 Å². The van der Waals surface area contributed by atoms with Gasteiger partial charge in [0.05, 0.1) is 5.38 Å². The Labute approximate surface area is 107 Å². The molecule has 0 fully saturated rings. The van der Waals surface area contributed by atoms with E-state index < -0.39 is 11.6 Å². The maximum Gasteiger partial charge on any atom is 0.130 e. The minimum atomic E-state index is -0.559. The lowest BCUT2D eigenvalue weighted by Gasteiger charge is -2.21. The van der Waals surface area contributed by atoms with Gasteiger partial charge in [-0.25, -0.2) is 8.78 Å². The average molecular weight is 261 g/mol. The van der Waals surface area contributed by atoms with Gasteiger partial charge in [-0.2, -0.15) is 0 Å². The first-order chi connectivity index (χ1) is 8.10. The third-order valence-electron chi connectivity index (χ3n) is 3.13. The Morgan fingerprint density at radius 3 is 2.47 bits per heavy atom. The van der Waals surface area contributed by atoms with Crippen LogP contribution in [-0.2, 0) is 0 Å². The number of unbranched alkanes of at least 4 members (excludes halogenated alkanes) is 1. The van der Waals surface area contributed by atoms with E-state index in [4.69, 9.17) is 11.6 Å². The van der Waals surface area contributed by atoms with Gasteiger partial charge in [-0.05, 0) is 18.4 Å². The first kappa shape index (κ1) is 14.4. The molecular formula is C14H19ClF2. The summed E-state index contributed by atoms with van der Waals surface area (Å²) in [6.07, 6.45) is 4.08. The van der Waals surface area contributed by atoms with Crippen LogP contribution < -0.4 is 0 Å². The van der Waals surface area contributed by atoms with Crippen LogP contribution in [0.5, 0.6) is 0 Å². The fourth-order valence-corrected chi connectivity index (χ4v) is 2.48. The monoisotopic (exact) mass is 260 g/mol. The summed E-state index contributed by atoms with van der Waals surface area (Å²) in [5.41, 5.74) is 0.413. The quantitative estimate of drug-likeness (QED) is 0.596. The lowest BCUT2D eigenvalue weighted by molar-refractivity contribution is 0.427. The topological polar surface area (TPSA) is 0 Å². The molecule has 0 radical (unpaired) electrons. The van der Waals surface area contributed by atoms with Crippen LogP contribution in [0.3, 0.4) is 0 Å². The minimum Gasteiger partial charge on any atom is -0.207 e. The van der Waals surface area contributed by atoms with Gasteiger partial charge >= 0.3 is 0 Å². The fourth-order valence-electron chi connectivity index (χ4n) is 2.00. The van der Waals surface area contributed by atoms with Crippen molar-refractivity contribution in [3.8, 4) is 0 Å². The third-order valence-corrected chi connectivity index (χ3v) is 3.72. The summed E-state index contributed by atoms with van der Waals surface area (Å²) in [6.45, 7) is 4.17. The van der Waals surface area contributed by atoms with E-state index in [1.54, 1.807) is 0 Å². The van der Waals surface area contributed by atoms with Crippen molar-refractivity contribution in [2.24, 2.45) is 5.92 Å². The number of hydrogen-bond acceptors (Lipinski definition) is 0. The first-order valence-corrected chi connectivity index (χ1v) is 6.62. The molecule has 17 heavy (non-hydrogen) atoms. The van der Waals surface area contributed by atoms with E-state index in [0.717, 1.165) is 31.7 Å². The van der Waals surface area contributed by atoms with Crippen molar-refractivity contribution >= 4 is 11.6 Å². The van der Waals surface area contributed by atoms with Gasteiger partial charge in [-0.3, -0.25) is 0 Å². The molecule has 2 atom stereocenters. The normalized spacial score (nSPS) is 14.6. The summed E-state index contributed by atoms with van der Waals surface area (Å²) in [7, 11) is 0. The van der Waals surface area contributed by atoms with Crippen LogP contribution in [0.4, 0.5) is 8.78 Å². The van der Waals surface area contributed by atoms with Crippen LogP contribution in [0.25, 0.3) is 0 Å². The van der Waals surface area contributed by atoms with Crippen LogP contribution in [0.1, 0.15) is 50.5 Å². The molecule has 3 heteroatoms. The molecule has 0 N–H and O–H groups in total. The average Bonchev–Trinajstić information content (AvgIpc) is 2.29. The van der Waals surface area contributed by atoms with Gasteiger partial charge < -0.3 is 0 Å². The van der Waals surface area contributed by atoms with Gasteiger partial charge in [0.15, 0.2) is 0 Å². The standard InChI is InChI=1S/C14H19ClF2/c1-3-5-6-10(4-2)14(15)12-8-7-11(16)9-13(12)17/h7-10,14H,3-6H2,1-2H3. The van der Waals surface area contributed by atoms with Crippen molar-refractivity contribution in [3.05, 3.63) is 35.4 Å². The lowest BCUT2D eigenvalue weighted by Crippen LogP contribution is -2.09. The zero-order chi connectivity index (χ0) is 12.8. The Morgan fingerprint density at radius 1 is 1.24 bits per heavy atom. The second kappa shape index (κ2) is 6.95. The Bertz CT molecular complexity index is 352. The van der Waals surface area contributed by atoms with Gasteiger partial charge in [-0.15, -0.1) is 11.6 Å². The van der Waals surface area contributed by atoms with E-state index in [0.29, 0.717) is 5.56 Å². The Balaban J connectivity index is 2.81. The highest BCUT2D eigenvalue weighted by molar-refractivity contribution is 6.21. The summed E-state index contributed by atoms with van der Waals surface area (Å²) in [5, 5.41) is -0.368. The van der Waals surface area contributed by atoms with Crippen molar-refractivity contribution in [3.63, 3.8) is 0 Å². The molecule has 1 aromatic carbocycles. The van der Waals surface area contributed by atoms with Gasteiger partial charge in [0, 0.05) is 11.6 Å². The zero-order valence-electron chi connectivity index (χ0n) is 10.3.